The van der Waals surface area contributed by atoms with E-state index in [0.29, 0.717) is 6.42 Å². The minimum Gasteiger partial charge on any atom is -0.459 e. The van der Waals surface area contributed by atoms with Crippen LogP contribution in [-0.2, 0) is 23.8 Å². The molecular formula is C12H13F3O5. The van der Waals surface area contributed by atoms with Gasteiger partial charge in [-0.1, -0.05) is 0 Å². The van der Waals surface area contributed by atoms with Gasteiger partial charge in [-0.3, -0.25) is 9.59 Å². The molecule has 20 heavy (non-hydrogen) atoms. The van der Waals surface area contributed by atoms with Crippen molar-refractivity contribution < 1.29 is 37.0 Å². The zero-order chi connectivity index (χ0) is 14.7. The molecule has 2 saturated carbocycles. The number of carbonyl (C=O) groups excluding carboxylic acids is 2. The fourth-order valence-electron chi connectivity index (χ4n) is 3.87. The first kappa shape index (κ1) is 13.7. The molecule has 1 saturated heterocycles. The standard InChI is InChI=1S/C12H13F3O5/c1-18-8-4-2-5-7(11(17)20-9(5)8)6(4)10(16)19-3-12(13,14)15/h4-9H,2-3H2,1H3. The lowest BCUT2D eigenvalue weighted by atomic mass is 9.78. The topological polar surface area (TPSA) is 61.8 Å². The molecule has 0 N–H and O–H groups in total. The average Bonchev–Trinajstić information content (AvgIpc) is 2.94. The molecule has 3 aliphatic rings. The second-order valence-electron chi connectivity index (χ2n) is 5.44. The molecule has 0 aromatic carbocycles. The first-order valence-electron chi connectivity index (χ1n) is 6.30. The Morgan fingerprint density at radius 1 is 1.40 bits per heavy atom. The molecule has 0 aromatic rings. The summed E-state index contributed by atoms with van der Waals surface area (Å²) in [4.78, 5) is 23.7. The molecule has 8 heteroatoms. The van der Waals surface area contributed by atoms with Crippen molar-refractivity contribution in [3.8, 4) is 0 Å². The molecule has 112 valence electrons. The number of fused-ring (bicyclic) bond motifs is 1. The number of methoxy groups -OCH3 is 1. The number of carbonyl (C=O) groups is 2. The van der Waals surface area contributed by atoms with Gasteiger partial charge in [0.25, 0.3) is 0 Å². The highest BCUT2D eigenvalue weighted by Gasteiger charge is 2.69. The van der Waals surface area contributed by atoms with Gasteiger partial charge in [0.1, 0.15) is 6.10 Å². The third-order valence-corrected chi connectivity index (χ3v) is 4.47. The Hall–Kier alpha value is -1.31. The highest BCUT2D eigenvalue weighted by Crippen LogP contribution is 2.58. The number of alkyl halides is 3. The zero-order valence-corrected chi connectivity index (χ0v) is 10.6. The van der Waals surface area contributed by atoms with Crippen LogP contribution < -0.4 is 0 Å². The van der Waals surface area contributed by atoms with E-state index < -0.39 is 42.7 Å². The SMILES string of the molecule is COC1C2CC3C1OC(=O)C3C2C(=O)OCC(F)(F)F. The predicted octanol–water partition coefficient (Wildman–Crippen LogP) is 0.914. The van der Waals surface area contributed by atoms with E-state index in [4.69, 9.17) is 9.47 Å². The predicted molar refractivity (Wildman–Crippen MR) is 56.3 cm³/mol. The van der Waals surface area contributed by atoms with Crippen LogP contribution in [0.15, 0.2) is 0 Å². The Kier molecular flexibility index (Phi) is 2.97. The molecule has 6 atom stereocenters. The van der Waals surface area contributed by atoms with Crippen molar-refractivity contribution in [3.05, 3.63) is 0 Å². The van der Waals surface area contributed by atoms with Crippen LogP contribution in [0.5, 0.6) is 0 Å². The first-order chi connectivity index (χ1) is 9.33. The minimum atomic E-state index is -4.58. The molecular weight excluding hydrogens is 281 g/mol. The van der Waals surface area contributed by atoms with Crippen molar-refractivity contribution in [3.63, 3.8) is 0 Å². The van der Waals surface area contributed by atoms with Crippen LogP contribution in [-0.4, -0.2) is 44.0 Å². The van der Waals surface area contributed by atoms with Gasteiger partial charge in [-0.25, -0.2) is 0 Å². The van der Waals surface area contributed by atoms with Gasteiger partial charge in [0.05, 0.1) is 17.9 Å². The molecule has 0 radical (unpaired) electrons. The summed E-state index contributed by atoms with van der Waals surface area (Å²) in [5.74, 6) is -3.56. The number of halogens is 3. The van der Waals surface area contributed by atoms with Crippen LogP contribution in [0.3, 0.4) is 0 Å². The molecule has 6 unspecified atom stereocenters. The Morgan fingerprint density at radius 2 is 2.10 bits per heavy atom. The summed E-state index contributed by atoms with van der Waals surface area (Å²) in [5, 5.41) is 0. The highest BCUT2D eigenvalue weighted by atomic mass is 19.4. The van der Waals surface area contributed by atoms with Crippen LogP contribution >= 0.6 is 0 Å². The number of hydrogen-bond donors (Lipinski definition) is 0. The van der Waals surface area contributed by atoms with Crippen molar-refractivity contribution >= 4 is 11.9 Å². The van der Waals surface area contributed by atoms with E-state index in [2.05, 4.69) is 4.74 Å². The molecule has 2 bridgehead atoms. The summed E-state index contributed by atoms with van der Waals surface area (Å²) in [7, 11) is 1.44. The van der Waals surface area contributed by atoms with Crippen molar-refractivity contribution in [1.82, 2.24) is 0 Å². The molecule has 0 spiro atoms. The van der Waals surface area contributed by atoms with Gasteiger partial charge < -0.3 is 14.2 Å². The van der Waals surface area contributed by atoms with E-state index in [1.165, 1.54) is 7.11 Å². The Morgan fingerprint density at radius 3 is 2.70 bits per heavy atom. The zero-order valence-electron chi connectivity index (χ0n) is 10.6. The molecule has 3 rings (SSSR count). The smallest absolute Gasteiger partial charge is 0.422 e. The van der Waals surface area contributed by atoms with E-state index in [-0.39, 0.29) is 17.9 Å². The average molecular weight is 294 g/mol. The quantitative estimate of drug-likeness (QED) is 0.724. The second kappa shape index (κ2) is 4.34. The van der Waals surface area contributed by atoms with Crippen molar-refractivity contribution in [2.75, 3.05) is 13.7 Å². The van der Waals surface area contributed by atoms with E-state index >= 15 is 0 Å². The summed E-state index contributed by atoms with van der Waals surface area (Å²) in [6, 6.07) is 0. The third kappa shape index (κ3) is 1.88. The number of hydrogen-bond acceptors (Lipinski definition) is 5. The van der Waals surface area contributed by atoms with E-state index in [1.807, 2.05) is 0 Å². The lowest BCUT2D eigenvalue weighted by molar-refractivity contribution is -0.192. The maximum atomic E-state index is 12.1. The van der Waals surface area contributed by atoms with Crippen LogP contribution in [0.25, 0.3) is 0 Å². The lowest BCUT2D eigenvalue weighted by Crippen LogP contribution is -2.42. The number of rotatable bonds is 3. The normalized spacial score (nSPS) is 41.9. The van der Waals surface area contributed by atoms with Crippen LogP contribution in [0.4, 0.5) is 13.2 Å². The largest absolute Gasteiger partial charge is 0.459 e. The van der Waals surface area contributed by atoms with Gasteiger partial charge in [0.2, 0.25) is 0 Å². The molecule has 1 aliphatic heterocycles. The molecule has 3 fully saturated rings. The molecule has 1 heterocycles. The summed E-state index contributed by atoms with van der Waals surface area (Å²) >= 11 is 0. The van der Waals surface area contributed by atoms with Crippen LogP contribution in [0, 0.1) is 23.7 Å². The van der Waals surface area contributed by atoms with Crippen molar-refractivity contribution in [2.24, 2.45) is 23.7 Å². The Labute approximate surface area is 112 Å². The molecule has 0 amide bonds. The maximum Gasteiger partial charge on any atom is 0.422 e. The summed E-state index contributed by atoms with van der Waals surface area (Å²) in [6.07, 6.45) is -4.85. The summed E-state index contributed by atoms with van der Waals surface area (Å²) in [6.45, 7) is -1.64. The van der Waals surface area contributed by atoms with Gasteiger partial charge in [-0.2, -0.15) is 13.2 Å². The lowest BCUT2D eigenvalue weighted by Gasteiger charge is -2.29. The fourth-order valence-corrected chi connectivity index (χ4v) is 3.87. The number of esters is 2. The minimum absolute atomic E-state index is 0.152. The summed E-state index contributed by atoms with van der Waals surface area (Å²) in [5.41, 5.74) is 0. The van der Waals surface area contributed by atoms with E-state index in [0.717, 1.165) is 0 Å². The first-order valence-corrected chi connectivity index (χ1v) is 6.30. The van der Waals surface area contributed by atoms with Crippen molar-refractivity contribution in [2.45, 2.75) is 24.8 Å². The fraction of sp³-hybridized carbons (Fsp3) is 0.833. The molecule has 0 aromatic heterocycles. The van der Waals surface area contributed by atoms with E-state index in [9.17, 15) is 22.8 Å². The summed E-state index contributed by atoms with van der Waals surface area (Å²) < 4.78 is 51.0. The van der Waals surface area contributed by atoms with Gasteiger partial charge in [0, 0.05) is 18.9 Å². The monoisotopic (exact) mass is 294 g/mol. The highest BCUT2D eigenvalue weighted by molar-refractivity contribution is 5.86. The van der Waals surface area contributed by atoms with Gasteiger partial charge in [-0.15, -0.1) is 0 Å². The maximum absolute atomic E-state index is 12.1. The third-order valence-electron chi connectivity index (χ3n) is 4.47. The van der Waals surface area contributed by atoms with Gasteiger partial charge in [0.15, 0.2) is 6.61 Å². The van der Waals surface area contributed by atoms with Gasteiger partial charge in [-0.05, 0) is 6.42 Å². The van der Waals surface area contributed by atoms with Crippen molar-refractivity contribution in [1.29, 1.82) is 0 Å². The molecule has 2 aliphatic carbocycles. The number of ether oxygens (including phenoxy) is 3. The van der Waals surface area contributed by atoms with Crippen LogP contribution in [0.1, 0.15) is 6.42 Å². The second-order valence-corrected chi connectivity index (χ2v) is 5.44. The Balaban J connectivity index is 1.76. The Bertz CT molecular complexity index is 449. The van der Waals surface area contributed by atoms with Gasteiger partial charge >= 0.3 is 18.1 Å². The van der Waals surface area contributed by atoms with Crippen LogP contribution in [0.2, 0.25) is 0 Å². The molecule has 5 nitrogen and oxygen atoms in total. The van der Waals surface area contributed by atoms with E-state index in [1.54, 1.807) is 0 Å².